The molecule has 1 aromatic heterocycles. The Morgan fingerprint density at radius 3 is 2.72 bits per heavy atom. The van der Waals surface area contributed by atoms with Gasteiger partial charge in [0.25, 0.3) is 0 Å². The molecule has 1 aromatic carbocycles. The van der Waals surface area contributed by atoms with Crippen LogP contribution >= 0.6 is 23.1 Å². The van der Waals surface area contributed by atoms with Gasteiger partial charge < -0.3 is 20.1 Å². The fraction of sp³-hybridized carbons (Fsp3) is 0.438. The van der Waals surface area contributed by atoms with Crippen molar-refractivity contribution in [1.29, 1.82) is 0 Å². The van der Waals surface area contributed by atoms with E-state index in [1.165, 1.54) is 23.1 Å². The minimum atomic E-state index is -0.0440. The first-order valence-corrected chi connectivity index (χ1v) is 9.52. The molecule has 136 valence electrons. The van der Waals surface area contributed by atoms with Gasteiger partial charge in [-0.25, -0.2) is 0 Å². The average Bonchev–Trinajstić information content (AvgIpc) is 3.07. The van der Waals surface area contributed by atoms with Gasteiger partial charge in [-0.2, -0.15) is 0 Å². The van der Waals surface area contributed by atoms with Crippen molar-refractivity contribution in [2.75, 3.05) is 31.9 Å². The van der Waals surface area contributed by atoms with Gasteiger partial charge in [-0.1, -0.05) is 35.2 Å². The quantitative estimate of drug-likeness (QED) is 0.610. The first kappa shape index (κ1) is 19.5. The minimum absolute atomic E-state index is 0.00533. The molecule has 0 saturated heterocycles. The topological polar surface area (TPSA) is 85.4 Å². The molecule has 7 nitrogen and oxygen atoms in total. The second-order valence-electron chi connectivity index (χ2n) is 5.29. The van der Waals surface area contributed by atoms with Gasteiger partial charge in [-0.15, -0.1) is 10.2 Å². The van der Waals surface area contributed by atoms with E-state index in [0.29, 0.717) is 18.9 Å². The van der Waals surface area contributed by atoms with Crippen molar-refractivity contribution < 1.29 is 14.3 Å². The molecule has 2 aromatic rings. The van der Waals surface area contributed by atoms with E-state index in [9.17, 15) is 4.79 Å². The zero-order chi connectivity index (χ0) is 18.1. The molecular weight excluding hydrogens is 360 g/mol. The van der Waals surface area contributed by atoms with Gasteiger partial charge >= 0.3 is 0 Å². The molecule has 1 unspecified atom stereocenters. The van der Waals surface area contributed by atoms with E-state index in [-0.39, 0.29) is 11.9 Å². The number of carbonyl (C=O) groups excluding carboxylic acids is 1. The Labute approximate surface area is 155 Å². The molecule has 0 aliphatic carbocycles. The second-order valence-corrected chi connectivity index (χ2v) is 7.49. The number of hydrogen-bond donors (Lipinski definition) is 2. The third-order valence-electron chi connectivity index (χ3n) is 3.16. The number of carbonyl (C=O) groups is 1. The van der Waals surface area contributed by atoms with E-state index in [2.05, 4.69) is 20.8 Å². The van der Waals surface area contributed by atoms with E-state index in [1.54, 1.807) is 14.2 Å². The van der Waals surface area contributed by atoms with Crippen LogP contribution in [0.3, 0.4) is 0 Å². The third kappa shape index (κ3) is 6.89. The van der Waals surface area contributed by atoms with Crippen LogP contribution in [0, 0.1) is 0 Å². The molecular formula is C16H22N4O3S2. The van der Waals surface area contributed by atoms with Gasteiger partial charge in [0.05, 0.1) is 19.5 Å². The molecule has 1 amide bonds. The summed E-state index contributed by atoms with van der Waals surface area (Å²) in [5, 5.41) is 15.0. The third-order valence-corrected chi connectivity index (χ3v) is 5.17. The number of hydrogen-bond acceptors (Lipinski definition) is 8. The lowest BCUT2D eigenvalue weighted by Gasteiger charge is -2.11. The van der Waals surface area contributed by atoms with Crippen molar-refractivity contribution in [3.8, 4) is 5.75 Å². The van der Waals surface area contributed by atoms with Crippen LogP contribution in [0.4, 0.5) is 5.13 Å². The fourth-order valence-corrected chi connectivity index (χ4v) is 3.55. The molecule has 2 N–H and O–H groups in total. The number of amides is 1. The van der Waals surface area contributed by atoms with Gasteiger partial charge in [0.1, 0.15) is 5.75 Å². The van der Waals surface area contributed by atoms with Crippen LogP contribution in [0.15, 0.2) is 28.6 Å². The number of aromatic nitrogens is 2. The maximum atomic E-state index is 11.8. The fourth-order valence-electron chi connectivity index (χ4n) is 2.00. The Morgan fingerprint density at radius 2 is 2.04 bits per heavy atom. The molecule has 2 rings (SSSR count). The van der Waals surface area contributed by atoms with Crippen molar-refractivity contribution in [3.63, 3.8) is 0 Å². The van der Waals surface area contributed by atoms with Crippen LogP contribution in [-0.4, -0.2) is 48.7 Å². The zero-order valence-electron chi connectivity index (χ0n) is 14.4. The van der Waals surface area contributed by atoms with Gasteiger partial charge in [0, 0.05) is 19.7 Å². The van der Waals surface area contributed by atoms with Gasteiger partial charge in [-0.3, -0.25) is 4.79 Å². The summed E-state index contributed by atoms with van der Waals surface area (Å²) in [5.74, 6) is 1.09. The van der Waals surface area contributed by atoms with E-state index in [0.717, 1.165) is 20.8 Å². The Bertz CT molecular complexity index is 664. The van der Waals surface area contributed by atoms with Crippen molar-refractivity contribution in [2.45, 2.75) is 23.8 Å². The minimum Gasteiger partial charge on any atom is -0.497 e. The van der Waals surface area contributed by atoms with Crippen LogP contribution < -0.4 is 15.4 Å². The number of thioether (sulfide) groups is 1. The van der Waals surface area contributed by atoms with Crippen molar-refractivity contribution in [2.24, 2.45) is 0 Å². The summed E-state index contributed by atoms with van der Waals surface area (Å²) in [4.78, 5) is 11.8. The number of nitrogens with zero attached hydrogens (tertiary/aromatic N) is 2. The molecule has 0 saturated carbocycles. The molecule has 0 fully saturated rings. The Kier molecular flexibility index (Phi) is 7.96. The highest BCUT2D eigenvalue weighted by Crippen LogP contribution is 2.25. The highest BCUT2D eigenvalue weighted by molar-refractivity contribution is 8.01. The average molecular weight is 383 g/mol. The van der Waals surface area contributed by atoms with Crippen LogP contribution in [0.5, 0.6) is 5.75 Å². The summed E-state index contributed by atoms with van der Waals surface area (Å²) in [5.41, 5.74) is 1.12. The maximum Gasteiger partial charge on any atom is 0.230 e. The highest BCUT2D eigenvalue weighted by Gasteiger charge is 2.10. The van der Waals surface area contributed by atoms with Crippen LogP contribution in [0.25, 0.3) is 0 Å². The highest BCUT2D eigenvalue weighted by atomic mass is 32.2. The Hall–Kier alpha value is -1.84. The second kappa shape index (κ2) is 10.2. The molecule has 0 aliphatic heterocycles. The zero-order valence-corrected chi connectivity index (χ0v) is 16.1. The normalized spacial score (nSPS) is 11.8. The standard InChI is InChI=1S/C16H22N4O3S2/c1-11(9-22-2)18-14(21)10-24-16-20-19-15(25-16)17-8-12-4-6-13(23-3)7-5-12/h4-7,11H,8-10H2,1-3H3,(H,17,19)(H,18,21). The van der Waals surface area contributed by atoms with Gasteiger partial charge in [0.15, 0.2) is 4.34 Å². The summed E-state index contributed by atoms with van der Waals surface area (Å²) in [6.07, 6.45) is 0. The molecule has 0 radical (unpaired) electrons. The van der Waals surface area contributed by atoms with Gasteiger partial charge in [0.2, 0.25) is 11.0 Å². The first-order valence-electron chi connectivity index (χ1n) is 7.72. The Morgan fingerprint density at radius 1 is 1.28 bits per heavy atom. The van der Waals surface area contributed by atoms with Crippen LogP contribution in [0.2, 0.25) is 0 Å². The summed E-state index contributed by atoms with van der Waals surface area (Å²) < 4.78 is 10.9. The smallest absolute Gasteiger partial charge is 0.230 e. The lowest BCUT2D eigenvalue weighted by molar-refractivity contribution is -0.119. The predicted octanol–water partition coefficient (Wildman–Crippen LogP) is 2.40. The van der Waals surface area contributed by atoms with E-state index in [4.69, 9.17) is 9.47 Å². The number of benzene rings is 1. The molecule has 1 heterocycles. The Balaban J connectivity index is 1.74. The lowest BCUT2D eigenvalue weighted by Crippen LogP contribution is -2.36. The molecule has 0 spiro atoms. The number of anilines is 1. The molecule has 9 heteroatoms. The summed E-state index contributed by atoms with van der Waals surface area (Å²) >= 11 is 2.80. The monoisotopic (exact) mass is 382 g/mol. The number of rotatable bonds is 10. The number of ether oxygens (including phenoxy) is 2. The SMILES string of the molecule is COCC(C)NC(=O)CSc1nnc(NCc2ccc(OC)cc2)s1. The molecule has 0 bridgehead atoms. The van der Waals surface area contributed by atoms with E-state index in [1.807, 2.05) is 31.2 Å². The first-order chi connectivity index (χ1) is 12.1. The van der Waals surface area contributed by atoms with Crippen molar-refractivity contribution in [1.82, 2.24) is 15.5 Å². The molecule has 0 aliphatic rings. The molecule has 25 heavy (non-hydrogen) atoms. The number of methoxy groups -OCH3 is 2. The van der Waals surface area contributed by atoms with E-state index < -0.39 is 0 Å². The summed E-state index contributed by atoms with van der Waals surface area (Å²) in [6, 6.07) is 7.82. The summed E-state index contributed by atoms with van der Waals surface area (Å²) in [7, 11) is 3.26. The van der Waals surface area contributed by atoms with Gasteiger partial charge in [-0.05, 0) is 24.6 Å². The van der Waals surface area contributed by atoms with Crippen LogP contribution in [0.1, 0.15) is 12.5 Å². The van der Waals surface area contributed by atoms with Crippen molar-refractivity contribution in [3.05, 3.63) is 29.8 Å². The maximum absolute atomic E-state index is 11.8. The van der Waals surface area contributed by atoms with Crippen LogP contribution in [-0.2, 0) is 16.1 Å². The largest absolute Gasteiger partial charge is 0.497 e. The van der Waals surface area contributed by atoms with Crippen molar-refractivity contribution >= 4 is 34.1 Å². The lowest BCUT2D eigenvalue weighted by atomic mass is 10.2. The predicted molar refractivity (Wildman–Crippen MR) is 100 cm³/mol. The molecule has 1 atom stereocenters. The summed E-state index contributed by atoms with van der Waals surface area (Å²) in [6.45, 7) is 3.05. The number of nitrogens with one attached hydrogen (secondary N) is 2. The van der Waals surface area contributed by atoms with E-state index >= 15 is 0 Å².